The number of hydrogen-bond donors (Lipinski definition) is 0. The lowest BCUT2D eigenvalue weighted by Crippen LogP contribution is -2.26. The van der Waals surface area contributed by atoms with Crippen molar-refractivity contribution in [3.63, 3.8) is 0 Å². The van der Waals surface area contributed by atoms with Crippen molar-refractivity contribution >= 4 is 17.4 Å². The van der Waals surface area contributed by atoms with E-state index in [2.05, 4.69) is 4.98 Å². The molecule has 1 heterocycles. The minimum Gasteiger partial charge on any atom is -0.373 e. The Morgan fingerprint density at radius 2 is 2.44 bits per heavy atom. The maximum atomic E-state index is 12.0. The van der Waals surface area contributed by atoms with Crippen LogP contribution in [-0.2, 0) is 16.0 Å². The number of carbonyl (C=O) groups excluding carboxylic acids is 1. The van der Waals surface area contributed by atoms with Crippen LogP contribution < -0.4 is 0 Å². The van der Waals surface area contributed by atoms with E-state index in [0.717, 1.165) is 18.4 Å². The van der Waals surface area contributed by atoms with E-state index in [-0.39, 0.29) is 11.9 Å². The Balaban J connectivity index is 2.03. The van der Waals surface area contributed by atoms with Crippen molar-refractivity contribution < 1.29 is 9.53 Å². The van der Waals surface area contributed by atoms with Gasteiger partial charge in [0.2, 0.25) is 0 Å². The van der Waals surface area contributed by atoms with Gasteiger partial charge in [0.25, 0.3) is 0 Å². The average Bonchev–Trinajstić information content (AvgIpc) is 3.07. The maximum Gasteiger partial charge on any atom is 0.166 e. The van der Waals surface area contributed by atoms with E-state index in [1.807, 2.05) is 0 Å². The molecule has 4 heteroatoms. The van der Waals surface area contributed by atoms with Gasteiger partial charge in [-0.3, -0.25) is 9.78 Å². The van der Waals surface area contributed by atoms with Crippen LogP contribution in [-0.4, -0.2) is 24.0 Å². The maximum absolute atomic E-state index is 12.0. The van der Waals surface area contributed by atoms with Gasteiger partial charge in [0.15, 0.2) is 5.78 Å². The van der Waals surface area contributed by atoms with Gasteiger partial charge in [-0.25, -0.2) is 0 Å². The molecule has 0 radical (unpaired) electrons. The smallest absolute Gasteiger partial charge is 0.166 e. The highest BCUT2D eigenvalue weighted by Crippen LogP contribution is 2.35. The fourth-order valence-electron chi connectivity index (χ4n) is 1.82. The van der Waals surface area contributed by atoms with Crippen molar-refractivity contribution in [3.8, 4) is 0 Å². The quantitative estimate of drug-likeness (QED) is 0.791. The number of halogens is 1. The van der Waals surface area contributed by atoms with Crippen molar-refractivity contribution in [2.45, 2.75) is 25.4 Å². The number of pyridine rings is 1. The van der Waals surface area contributed by atoms with E-state index in [1.54, 1.807) is 25.6 Å². The molecule has 1 aromatic heterocycles. The summed E-state index contributed by atoms with van der Waals surface area (Å²) in [6.45, 7) is 0. The van der Waals surface area contributed by atoms with E-state index >= 15 is 0 Å². The molecule has 1 atom stereocenters. The first-order chi connectivity index (χ1) is 7.72. The summed E-state index contributed by atoms with van der Waals surface area (Å²) in [7, 11) is 1.59. The second kappa shape index (κ2) is 4.93. The minimum atomic E-state index is -0.260. The summed E-state index contributed by atoms with van der Waals surface area (Å²) < 4.78 is 5.24. The van der Waals surface area contributed by atoms with Crippen LogP contribution in [0.25, 0.3) is 0 Å². The van der Waals surface area contributed by atoms with Crippen molar-refractivity contribution in [3.05, 3.63) is 29.0 Å². The summed E-state index contributed by atoms with van der Waals surface area (Å²) in [4.78, 5) is 15.9. The number of carbonyl (C=O) groups is 1. The highest BCUT2D eigenvalue weighted by atomic mass is 35.5. The Morgan fingerprint density at radius 1 is 1.69 bits per heavy atom. The molecule has 1 unspecified atom stereocenters. The molecule has 1 aromatic rings. The van der Waals surface area contributed by atoms with Gasteiger partial charge in [0.1, 0.15) is 6.10 Å². The number of aromatic nitrogens is 1. The Hall–Kier alpha value is -0.930. The van der Waals surface area contributed by atoms with Gasteiger partial charge in [-0.15, -0.1) is 0 Å². The van der Waals surface area contributed by atoms with Gasteiger partial charge in [-0.1, -0.05) is 11.6 Å². The van der Waals surface area contributed by atoms with Crippen LogP contribution in [0.15, 0.2) is 18.5 Å². The molecule has 86 valence electrons. The van der Waals surface area contributed by atoms with Crippen LogP contribution in [0.3, 0.4) is 0 Å². The van der Waals surface area contributed by atoms with E-state index in [9.17, 15) is 4.79 Å². The molecular formula is C12H14ClNO2. The molecule has 1 aliphatic rings. The topological polar surface area (TPSA) is 39.2 Å². The molecule has 1 saturated carbocycles. The van der Waals surface area contributed by atoms with Crippen LogP contribution in [0.1, 0.15) is 18.4 Å². The molecule has 16 heavy (non-hydrogen) atoms. The standard InChI is InChI=1S/C12H14ClNO2/c1-16-12(8-2-3-8)11(15)6-9-4-5-14-7-10(9)13/h4-5,7-8,12H,2-3,6H2,1H3. The normalized spacial score (nSPS) is 17.1. The summed E-state index contributed by atoms with van der Waals surface area (Å²) in [6.07, 6.45) is 5.46. The van der Waals surface area contributed by atoms with Crippen LogP contribution >= 0.6 is 11.6 Å². The predicted molar refractivity (Wildman–Crippen MR) is 61.5 cm³/mol. The first kappa shape index (κ1) is 11.6. The predicted octanol–water partition coefficient (Wildman–Crippen LogP) is 2.27. The number of ether oxygens (including phenoxy) is 1. The third kappa shape index (κ3) is 2.60. The lowest BCUT2D eigenvalue weighted by molar-refractivity contribution is -0.129. The van der Waals surface area contributed by atoms with E-state index < -0.39 is 0 Å². The van der Waals surface area contributed by atoms with Crippen LogP contribution in [0.2, 0.25) is 5.02 Å². The number of Topliss-reactive ketones (excluding diaryl/α,β-unsaturated/α-hetero) is 1. The third-order valence-corrected chi connectivity index (χ3v) is 3.18. The van der Waals surface area contributed by atoms with Crippen molar-refractivity contribution in [2.24, 2.45) is 5.92 Å². The first-order valence-corrected chi connectivity index (χ1v) is 5.74. The zero-order chi connectivity index (χ0) is 11.5. The van der Waals surface area contributed by atoms with E-state index in [0.29, 0.717) is 17.4 Å². The number of rotatable bonds is 5. The number of ketones is 1. The molecule has 0 N–H and O–H groups in total. The molecule has 0 aliphatic heterocycles. The zero-order valence-corrected chi connectivity index (χ0v) is 9.91. The Labute approximate surface area is 99.8 Å². The van der Waals surface area contributed by atoms with Gasteiger partial charge in [-0.2, -0.15) is 0 Å². The second-order valence-corrected chi connectivity index (χ2v) is 4.51. The van der Waals surface area contributed by atoms with Crippen LogP contribution in [0.4, 0.5) is 0 Å². The number of hydrogen-bond acceptors (Lipinski definition) is 3. The third-order valence-electron chi connectivity index (χ3n) is 2.84. The molecule has 1 fully saturated rings. The lowest BCUT2D eigenvalue weighted by Gasteiger charge is -2.13. The summed E-state index contributed by atoms with van der Waals surface area (Å²) in [5.41, 5.74) is 0.823. The van der Waals surface area contributed by atoms with Gasteiger partial charge >= 0.3 is 0 Å². The summed E-state index contributed by atoms with van der Waals surface area (Å²) in [6, 6.07) is 1.78. The van der Waals surface area contributed by atoms with Crippen molar-refractivity contribution in [1.29, 1.82) is 0 Å². The monoisotopic (exact) mass is 239 g/mol. The van der Waals surface area contributed by atoms with E-state index in [4.69, 9.17) is 16.3 Å². The fourth-order valence-corrected chi connectivity index (χ4v) is 2.01. The van der Waals surface area contributed by atoms with Gasteiger partial charge in [-0.05, 0) is 30.4 Å². The Morgan fingerprint density at radius 3 is 3.00 bits per heavy atom. The minimum absolute atomic E-state index is 0.109. The molecule has 0 amide bonds. The Bertz CT molecular complexity index is 390. The molecule has 0 saturated heterocycles. The molecule has 0 aromatic carbocycles. The molecule has 0 bridgehead atoms. The van der Waals surface area contributed by atoms with Crippen LogP contribution in [0, 0.1) is 5.92 Å². The SMILES string of the molecule is COC(C(=O)Cc1ccncc1Cl)C1CC1. The molecule has 3 nitrogen and oxygen atoms in total. The zero-order valence-electron chi connectivity index (χ0n) is 9.15. The van der Waals surface area contributed by atoms with Crippen LogP contribution in [0.5, 0.6) is 0 Å². The molecule has 0 spiro atoms. The second-order valence-electron chi connectivity index (χ2n) is 4.10. The number of methoxy groups -OCH3 is 1. The average molecular weight is 240 g/mol. The number of nitrogens with zero attached hydrogens (tertiary/aromatic N) is 1. The highest BCUT2D eigenvalue weighted by Gasteiger charge is 2.36. The fraction of sp³-hybridized carbons (Fsp3) is 0.500. The van der Waals surface area contributed by atoms with Crippen molar-refractivity contribution in [2.75, 3.05) is 7.11 Å². The van der Waals surface area contributed by atoms with E-state index in [1.165, 1.54) is 0 Å². The largest absolute Gasteiger partial charge is 0.373 e. The first-order valence-electron chi connectivity index (χ1n) is 5.36. The van der Waals surface area contributed by atoms with Gasteiger partial charge in [0, 0.05) is 25.9 Å². The lowest BCUT2D eigenvalue weighted by atomic mass is 10.0. The summed E-state index contributed by atoms with van der Waals surface area (Å²) in [5.74, 6) is 0.524. The summed E-state index contributed by atoms with van der Waals surface area (Å²) in [5, 5.41) is 0.543. The van der Waals surface area contributed by atoms with Gasteiger partial charge < -0.3 is 4.74 Å². The molecule has 1 aliphatic carbocycles. The van der Waals surface area contributed by atoms with Crippen molar-refractivity contribution in [1.82, 2.24) is 4.98 Å². The Kier molecular flexibility index (Phi) is 3.56. The van der Waals surface area contributed by atoms with Gasteiger partial charge in [0.05, 0.1) is 5.02 Å². The molecule has 2 rings (SSSR count). The highest BCUT2D eigenvalue weighted by molar-refractivity contribution is 6.31. The molecular weight excluding hydrogens is 226 g/mol. The summed E-state index contributed by atoms with van der Waals surface area (Å²) >= 11 is 5.96.